The van der Waals surface area contributed by atoms with Crippen LogP contribution in [0, 0.1) is 6.92 Å². The summed E-state index contributed by atoms with van der Waals surface area (Å²) in [6.07, 6.45) is 3.28. The van der Waals surface area contributed by atoms with E-state index in [0.29, 0.717) is 35.1 Å². The summed E-state index contributed by atoms with van der Waals surface area (Å²) in [5, 5.41) is 4.66. The number of barbiturate groups is 1. The Morgan fingerprint density at radius 3 is 2.47 bits per heavy atom. The molecule has 8 nitrogen and oxygen atoms in total. The third-order valence-corrected chi connectivity index (χ3v) is 7.44. The lowest BCUT2D eigenvalue weighted by molar-refractivity contribution is -0.122. The fraction of sp³-hybridized carbons (Fsp3) is 0.206. The minimum Gasteiger partial charge on any atom is -0.494 e. The molecule has 0 atom stereocenters. The first-order valence-electron chi connectivity index (χ1n) is 13.9. The molecular formula is C34H31ClN2O6. The van der Waals surface area contributed by atoms with Crippen molar-refractivity contribution < 1.29 is 28.6 Å². The van der Waals surface area contributed by atoms with Crippen LogP contribution < -0.4 is 24.4 Å². The lowest BCUT2D eigenvalue weighted by Gasteiger charge is -2.26. The number of hydrogen-bond acceptors (Lipinski definition) is 6. The molecule has 0 bridgehead atoms. The Bertz CT molecular complexity index is 1730. The minimum absolute atomic E-state index is 0.235. The maximum absolute atomic E-state index is 13.4. The summed E-state index contributed by atoms with van der Waals surface area (Å²) in [6.45, 7) is 4.91. The number of halogens is 1. The van der Waals surface area contributed by atoms with E-state index in [1.54, 1.807) is 36.4 Å². The minimum atomic E-state index is -0.838. The van der Waals surface area contributed by atoms with Gasteiger partial charge in [-0.3, -0.25) is 14.9 Å². The van der Waals surface area contributed by atoms with E-state index in [1.165, 1.54) is 13.2 Å². The van der Waals surface area contributed by atoms with E-state index in [-0.39, 0.29) is 17.2 Å². The molecule has 0 aliphatic carbocycles. The summed E-state index contributed by atoms with van der Waals surface area (Å²) in [5.41, 5.74) is 2.59. The average Bonchev–Trinajstić information content (AvgIpc) is 3.00. The van der Waals surface area contributed by atoms with Gasteiger partial charge in [0.2, 0.25) is 0 Å². The number of ether oxygens (including phenoxy) is 3. The molecule has 4 aromatic rings. The van der Waals surface area contributed by atoms with E-state index >= 15 is 0 Å². The zero-order valence-corrected chi connectivity index (χ0v) is 24.9. The zero-order chi connectivity index (χ0) is 30.5. The Morgan fingerprint density at radius 2 is 1.72 bits per heavy atom. The number of fused-ring (bicyclic) bond motifs is 1. The number of unbranched alkanes of at least 4 members (excludes halogenated alkanes) is 1. The highest BCUT2D eigenvalue weighted by Gasteiger charge is 2.37. The highest BCUT2D eigenvalue weighted by molar-refractivity contribution is 6.39. The fourth-order valence-corrected chi connectivity index (χ4v) is 5.10. The summed E-state index contributed by atoms with van der Waals surface area (Å²) >= 11 is 6.64. The van der Waals surface area contributed by atoms with Gasteiger partial charge in [-0.05, 0) is 77.7 Å². The predicted molar refractivity (Wildman–Crippen MR) is 167 cm³/mol. The first-order chi connectivity index (χ1) is 20.8. The Hall–Kier alpha value is -4.82. The van der Waals surface area contributed by atoms with Gasteiger partial charge in [-0.15, -0.1) is 0 Å². The van der Waals surface area contributed by atoms with Crippen molar-refractivity contribution in [2.75, 3.05) is 18.6 Å². The molecule has 1 fully saturated rings. The topological polar surface area (TPSA) is 94.2 Å². The van der Waals surface area contributed by atoms with Gasteiger partial charge in [0.1, 0.15) is 17.9 Å². The standard InChI is InChI=1S/C34H31ClN2O6/c1-4-5-16-42-25-14-12-24(13-15-25)37-33(39)27(32(38)36-34(37)40)17-22-18-29(35)31(30(19-22)41-3)43-20-28-21(2)10-11-23-8-6-7-9-26(23)28/h6-15,17-19H,4-5,16,20H2,1-3H3,(H,36,38,40)/b27-17-. The molecule has 9 heteroatoms. The molecule has 0 radical (unpaired) electrons. The maximum atomic E-state index is 13.4. The van der Waals surface area contributed by atoms with Gasteiger partial charge < -0.3 is 14.2 Å². The van der Waals surface area contributed by atoms with Crippen LogP contribution in [0.1, 0.15) is 36.5 Å². The van der Waals surface area contributed by atoms with Crippen LogP contribution in [0.2, 0.25) is 5.02 Å². The van der Waals surface area contributed by atoms with Crippen molar-refractivity contribution >= 4 is 52.0 Å². The quantitative estimate of drug-likeness (QED) is 0.118. The molecule has 1 heterocycles. The lowest BCUT2D eigenvalue weighted by atomic mass is 10.0. The van der Waals surface area contributed by atoms with Crippen LogP contribution in [0.3, 0.4) is 0 Å². The second-order valence-corrected chi connectivity index (χ2v) is 10.5. The van der Waals surface area contributed by atoms with Crippen LogP contribution in [0.25, 0.3) is 16.8 Å². The van der Waals surface area contributed by atoms with Crippen molar-refractivity contribution in [1.29, 1.82) is 0 Å². The van der Waals surface area contributed by atoms with Crippen molar-refractivity contribution in [2.45, 2.75) is 33.3 Å². The number of rotatable bonds is 10. The molecular weight excluding hydrogens is 568 g/mol. The second kappa shape index (κ2) is 13.0. The predicted octanol–water partition coefficient (Wildman–Crippen LogP) is 7.23. The number of carbonyl (C=O) groups is 3. The summed E-state index contributed by atoms with van der Waals surface area (Å²) in [6, 6.07) is 21.1. The van der Waals surface area contributed by atoms with E-state index in [2.05, 4.69) is 18.3 Å². The van der Waals surface area contributed by atoms with Gasteiger partial charge in [0, 0.05) is 5.56 Å². The SMILES string of the molecule is CCCCOc1ccc(N2C(=O)NC(=O)/C(=C/c3cc(Cl)c(OCc4c(C)ccc5ccccc45)c(OC)c3)C2=O)cc1. The molecule has 43 heavy (non-hydrogen) atoms. The first kappa shape index (κ1) is 29.7. The highest BCUT2D eigenvalue weighted by atomic mass is 35.5. The van der Waals surface area contributed by atoms with Crippen LogP contribution in [-0.2, 0) is 16.2 Å². The number of methoxy groups -OCH3 is 1. The molecule has 4 amide bonds. The smallest absolute Gasteiger partial charge is 0.335 e. The van der Waals surface area contributed by atoms with Gasteiger partial charge in [0.15, 0.2) is 11.5 Å². The number of aryl methyl sites for hydroxylation is 1. The van der Waals surface area contributed by atoms with E-state index in [0.717, 1.165) is 39.6 Å². The van der Waals surface area contributed by atoms with Gasteiger partial charge in [-0.1, -0.05) is 61.3 Å². The molecule has 5 rings (SSSR count). The van der Waals surface area contributed by atoms with Crippen LogP contribution in [0.4, 0.5) is 10.5 Å². The number of amides is 4. The Morgan fingerprint density at radius 1 is 0.953 bits per heavy atom. The number of nitrogens with zero attached hydrogens (tertiary/aromatic N) is 1. The van der Waals surface area contributed by atoms with Crippen LogP contribution >= 0.6 is 11.6 Å². The molecule has 0 saturated carbocycles. The number of hydrogen-bond donors (Lipinski definition) is 1. The van der Waals surface area contributed by atoms with Crippen LogP contribution in [0.15, 0.2) is 78.4 Å². The number of urea groups is 1. The molecule has 0 aromatic heterocycles. The number of carbonyl (C=O) groups excluding carboxylic acids is 3. The second-order valence-electron chi connectivity index (χ2n) is 10.1. The average molecular weight is 599 g/mol. The molecule has 1 saturated heterocycles. The molecule has 1 aliphatic heterocycles. The third kappa shape index (κ3) is 6.34. The Kier molecular flexibility index (Phi) is 8.97. The van der Waals surface area contributed by atoms with Gasteiger partial charge in [-0.2, -0.15) is 0 Å². The molecule has 1 aliphatic rings. The molecule has 4 aromatic carbocycles. The van der Waals surface area contributed by atoms with E-state index < -0.39 is 17.8 Å². The largest absolute Gasteiger partial charge is 0.494 e. The number of imide groups is 2. The molecule has 220 valence electrons. The highest BCUT2D eigenvalue weighted by Crippen LogP contribution is 2.38. The number of benzene rings is 4. The Labute approximate surface area is 254 Å². The van der Waals surface area contributed by atoms with Gasteiger partial charge in [-0.25, -0.2) is 9.69 Å². The fourth-order valence-electron chi connectivity index (χ4n) is 4.83. The summed E-state index contributed by atoms with van der Waals surface area (Å²) < 4.78 is 17.4. The van der Waals surface area contributed by atoms with Crippen molar-refractivity contribution in [1.82, 2.24) is 5.32 Å². The first-order valence-corrected chi connectivity index (χ1v) is 14.3. The van der Waals surface area contributed by atoms with Crippen molar-refractivity contribution in [3.8, 4) is 17.2 Å². The van der Waals surface area contributed by atoms with E-state index in [9.17, 15) is 14.4 Å². The summed E-state index contributed by atoms with van der Waals surface area (Å²) in [7, 11) is 1.48. The van der Waals surface area contributed by atoms with Gasteiger partial charge >= 0.3 is 6.03 Å². The van der Waals surface area contributed by atoms with E-state index in [1.807, 2.05) is 37.3 Å². The van der Waals surface area contributed by atoms with Gasteiger partial charge in [0.05, 0.1) is 24.4 Å². The summed E-state index contributed by atoms with van der Waals surface area (Å²) in [5.74, 6) is -0.306. The van der Waals surface area contributed by atoms with Gasteiger partial charge in [0.25, 0.3) is 11.8 Å². The number of nitrogens with one attached hydrogen (secondary N) is 1. The maximum Gasteiger partial charge on any atom is 0.335 e. The van der Waals surface area contributed by atoms with Crippen LogP contribution in [0.5, 0.6) is 17.2 Å². The molecule has 0 spiro atoms. The molecule has 0 unspecified atom stereocenters. The van der Waals surface area contributed by atoms with Crippen LogP contribution in [-0.4, -0.2) is 31.6 Å². The van der Waals surface area contributed by atoms with Crippen molar-refractivity contribution in [3.63, 3.8) is 0 Å². The van der Waals surface area contributed by atoms with E-state index in [4.69, 9.17) is 25.8 Å². The molecule has 1 N–H and O–H groups in total. The normalized spacial score (nSPS) is 14.3. The monoisotopic (exact) mass is 598 g/mol. The third-order valence-electron chi connectivity index (χ3n) is 7.16. The zero-order valence-electron chi connectivity index (χ0n) is 24.1. The lowest BCUT2D eigenvalue weighted by Crippen LogP contribution is -2.54. The van der Waals surface area contributed by atoms with Crippen molar-refractivity contribution in [2.24, 2.45) is 0 Å². The number of anilines is 1. The summed E-state index contributed by atoms with van der Waals surface area (Å²) in [4.78, 5) is 39.7. The Balaban J connectivity index is 1.40. The van der Waals surface area contributed by atoms with Crippen molar-refractivity contribution in [3.05, 3.63) is 100 Å².